The van der Waals surface area contributed by atoms with Crippen LogP contribution in [0.5, 0.6) is 0 Å². The molecule has 1 aromatic rings. The number of hydrogen-bond donors (Lipinski definition) is 0. The Hall–Kier alpha value is -2.31. The van der Waals surface area contributed by atoms with Gasteiger partial charge in [-0.2, -0.15) is 15.8 Å². The molecule has 150 valence electrons. The van der Waals surface area contributed by atoms with Gasteiger partial charge in [0.25, 0.3) is 0 Å². The van der Waals surface area contributed by atoms with E-state index in [4.69, 9.17) is 0 Å². The molecule has 6 atom stereocenters. The van der Waals surface area contributed by atoms with Crippen molar-refractivity contribution < 1.29 is 0 Å². The average Bonchev–Trinajstić information content (AvgIpc) is 3.42. The summed E-state index contributed by atoms with van der Waals surface area (Å²) in [5.74, 6) is 2.72. The van der Waals surface area contributed by atoms with Gasteiger partial charge in [-0.25, -0.2) is 0 Å². The lowest BCUT2D eigenvalue weighted by Gasteiger charge is -2.28. The Kier molecular flexibility index (Phi) is 3.07. The lowest BCUT2D eigenvalue weighted by atomic mass is 9.72. The van der Waals surface area contributed by atoms with Crippen LogP contribution in [0.1, 0.15) is 74.5 Å². The molecule has 6 saturated carbocycles. The van der Waals surface area contributed by atoms with Crippen LogP contribution >= 0.6 is 0 Å². The zero-order valence-electron chi connectivity index (χ0n) is 17.4. The first-order valence-corrected chi connectivity index (χ1v) is 12.1. The summed E-state index contributed by atoms with van der Waals surface area (Å²) < 4.78 is 0. The van der Waals surface area contributed by atoms with Crippen LogP contribution in [0.4, 0.5) is 0 Å². The monoisotopic (exact) mass is 393 g/mol. The molecule has 3 heteroatoms. The predicted octanol–water partition coefficient (Wildman–Crippen LogP) is 5.26. The first kappa shape index (κ1) is 17.4. The minimum atomic E-state index is -0.439. The summed E-state index contributed by atoms with van der Waals surface area (Å²) >= 11 is 0. The molecule has 0 N–H and O–H groups in total. The number of benzene rings is 1. The number of rotatable bonds is 3. The molecule has 6 aliphatic carbocycles. The molecule has 0 aromatic heterocycles. The molecule has 0 spiro atoms. The van der Waals surface area contributed by atoms with Gasteiger partial charge >= 0.3 is 0 Å². The lowest BCUT2D eigenvalue weighted by Crippen LogP contribution is -2.27. The molecule has 6 unspecified atom stereocenters. The van der Waals surface area contributed by atoms with Gasteiger partial charge in [-0.15, -0.1) is 0 Å². The van der Waals surface area contributed by atoms with E-state index in [1.54, 1.807) is 0 Å². The third-order valence-corrected chi connectivity index (χ3v) is 10.7. The van der Waals surface area contributed by atoms with Crippen LogP contribution in [-0.2, 0) is 16.2 Å². The van der Waals surface area contributed by atoms with E-state index >= 15 is 0 Å². The summed E-state index contributed by atoms with van der Waals surface area (Å²) in [6.07, 6.45) is 10.5. The van der Waals surface area contributed by atoms with Gasteiger partial charge in [0.05, 0.1) is 34.5 Å². The molecule has 0 saturated heterocycles. The van der Waals surface area contributed by atoms with E-state index in [-0.39, 0.29) is 0 Å². The molecule has 3 nitrogen and oxygen atoms in total. The minimum absolute atomic E-state index is 0.398. The quantitative estimate of drug-likeness (QED) is 0.703. The number of nitriles is 3. The van der Waals surface area contributed by atoms with E-state index < -0.39 is 16.2 Å². The topological polar surface area (TPSA) is 71.4 Å². The summed E-state index contributed by atoms with van der Waals surface area (Å²) in [5, 5.41) is 31.4. The van der Waals surface area contributed by atoms with Crippen LogP contribution in [0, 0.1) is 69.5 Å². The highest BCUT2D eigenvalue weighted by Crippen LogP contribution is 2.76. The Morgan fingerprint density at radius 2 is 0.900 bits per heavy atom. The van der Waals surface area contributed by atoms with E-state index in [0.717, 1.165) is 49.7 Å². The molecule has 7 rings (SSSR count). The fourth-order valence-electron chi connectivity index (χ4n) is 9.39. The summed E-state index contributed by atoms with van der Waals surface area (Å²) in [4.78, 5) is 0. The third kappa shape index (κ3) is 1.61. The smallest absolute Gasteiger partial charge is 0.0891 e. The molecule has 6 fully saturated rings. The van der Waals surface area contributed by atoms with Crippen molar-refractivity contribution in [2.75, 3.05) is 0 Å². The van der Waals surface area contributed by atoms with Crippen molar-refractivity contribution in [1.29, 1.82) is 15.8 Å². The van der Waals surface area contributed by atoms with Gasteiger partial charge in [-0.1, -0.05) is 37.5 Å². The third-order valence-electron chi connectivity index (χ3n) is 10.7. The summed E-state index contributed by atoms with van der Waals surface area (Å²) in [5.41, 5.74) is 2.26. The molecular formula is C27H27N3. The molecule has 30 heavy (non-hydrogen) atoms. The highest BCUT2D eigenvalue weighted by molar-refractivity contribution is 5.64. The van der Waals surface area contributed by atoms with Gasteiger partial charge in [-0.05, 0) is 90.7 Å². The molecule has 6 aliphatic rings. The Balaban J connectivity index is 1.48. The SMILES string of the molecule is N#CC1(c2cccc(C3(C#N)C4CCCC43)c2C2(C#N)C3CCCC32)C2CCCC21. The lowest BCUT2D eigenvalue weighted by molar-refractivity contribution is 0.547. The summed E-state index contributed by atoms with van der Waals surface area (Å²) in [7, 11) is 0. The molecule has 0 amide bonds. The van der Waals surface area contributed by atoms with Crippen LogP contribution < -0.4 is 0 Å². The van der Waals surface area contributed by atoms with E-state index in [1.165, 1.54) is 24.8 Å². The summed E-state index contributed by atoms with van der Waals surface area (Å²) in [6, 6.07) is 14.8. The number of fused-ring (bicyclic) bond motifs is 3. The number of nitrogens with zero attached hydrogens (tertiary/aromatic N) is 3. The van der Waals surface area contributed by atoms with Gasteiger partial charge in [0.15, 0.2) is 0 Å². The van der Waals surface area contributed by atoms with Crippen LogP contribution in [0.15, 0.2) is 18.2 Å². The molecule has 0 aliphatic heterocycles. The number of hydrogen-bond acceptors (Lipinski definition) is 3. The average molecular weight is 394 g/mol. The largest absolute Gasteiger partial charge is 0.197 e. The van der Waals surface area contributed by atoms with Crippen LogP contribution in [0.3, 0.4) is 0 Å². The van der Waals surface area contributed by atoms with Crippen LogP contribution in [0.2, 0.25) is 0 Å². The van der Waals surface area contributed by atoms with Crippen molar-refractivity contribution in [3.63, 3.8) is 0 Å². The van der Waals surface area contributed by atoms with Crippen molar-refractivity contribution in [2.45, 2.75) is 74.0 Å². The standard InChI is InChI=1S/C27H27N3/c28-13-25(16-5-1-6-17(16)25)22-11-4-12-23(26(14-29)18-7-2-8-19(18)26)24(22)27(15-30)20-9-3-10-21(20)27/h4,11-12,16-21H,1-3,5-10H2. The van der Waals surface area contributed by atoms with Gasteiger partial charge < -0.3 is 0 Å². The van der Waals surface area contributed by atoms with Crippen LogP contribution in [0.25, 0.3) is 0 Å². The van der Waals surface area contributed by atoms with Gasteiger partial charge in [0.1, 0.15) is 0 Å². The van der Waals surface area contributed by atoms with Crippen molar-refractivity contribution >= 4 is 0 Å². The fraction of sp³-hybridized carbons (Fsp3) is 0.667. The second kappa shape index (κ2) is 5.29. The Labute approximate surface area is 178 Å². The van der Waals surface area contributed by atoms with E-state index in [1.807, 2.05) is 0 Å². The van der Waals surface area contributed by atoms with Crippen molar-refractivity contribution in [2.24, 2.45) is 35.5 Å². The Morgan fingerprint density at radius 3 is 1.23 bits per heavy atom. The first-order valence-electron chi connectivity index (χ1n) is 12.1. The maximum absolute atomic E-state index is 10.6. The Bertz CT molecular complexity index is 1000. The van der Waals surface area contributed by atoms with E-state index in [2.05, 4.69) is 36.4 Å². The van der Waals surface area contributed by atoms with E-state index in [9.17, 15) is 15.8 Å². The van der Waals surface area contributed by atoms with Gasteiger partial charge in [-0.3, -0.25) is 0 Å². The van der Waals surface area contributed by atoms with Crippen LogP contribution in [-0.4, -0.2) is 0 Å². The van der Waals surface area contributed by atoms with Gasteiger partial charge in [0.2, 0.25) is 0 Å². The van der Waals surface area contributed by atoms with Gasteiger partial charge in [0, 0.05) is 0 Å². The highest BCUT2D eigenvalue weighted by atomic mass is 14.8. The second-order valence-electron chi connectivity index (χ2n) is 11.1. The molecule has 0 heterocycles. The zero-order chi connectivity index (χ0) is 20.3. The second-order valence-corrected chi connectivity index (χ2v) is 11.1. The minimum Gasteiger partial charge on any atom is -0.197 e. The molecular weight excluding hydrogens is 366 g/mol. The van der Waals surface area contributed by atoms with Crippen molar-refractivity contribution in [1.82, 2.24) is 0 Å². The highest BCUT2D eigenvalue weighted by Gasteiger charge is 2.76. The summed E-state index contributed by atoms with van der Waals surface area (Å²) in [6.45, 7) is 0. The fourth-order valence-corrected chi connectivity index (χ4v) is 9.39. The molecule has 1 aromatic carbocycles. The maximum atomic E-state index is 10.6. The van der Waals surface area contributed by atoms with Crippen molar-refractivity contribution in [3.05, 3.63) is 34.9 Å². The maximum Gasteiger partial charge on any atom is 0.0891 e. The normalized spacial score (nSPS) is 51.1. The predicted molar refractivity (Wildman–Crippen MR) is 111 cm³/mol. The zero-order valence-corrected chi connectivity index (χ0v) is 17.4. The molecule has 0 radical (unpaired) electrons. The Morgan fingerprint density at radius 1 is 0.567 bits per heavy atom. The molecule has 0 bridgehead atoms. The van der Waals surface area contributed by atoms with Crippen molar-refractivity contribution in [3.8, 4) is 18.2 Å². The first-order chi connectivity index (χ1) is 14.7. The van der Waals surface area contributed by atoms with E-state index in [0.29, 0.717) is 35.5 Å².